The van der Waals surface area contributed by atoms with Gasteiger partial charge in [0.2, 0.25) is 0 Å². The molecule has 20 heavy (non-hydrogen) atoms. The van der Waals surface area contributed by atoms with Crippen LogP contribution >= 0.6 is 0 Å². The number of aromatic nitrogens is 1. The van der Waals surface area contributed by atoms with Crippen LogP contribution in [0.1, 0.15) is 44.3 Å². The van der Waals surface area contributed by atoms with Gasteiger partial charge in [-0.3, -0.25) is 9.88 Å². The van der Waals surface area contributed by atoms with Crippen molar-refractivity contribution in [3.05, 3.63) is 30.1 Å². The molecule has 2 aliphatic rings. The van der Waals surface area contributed by atoms with Gasteiger partial charge in [-0.05, 0) is 69.7 Å². The molecular formula is C17H26N2O. The van der Waals surface area contributed by atoms with Crippen LogP contribution in [0.5, 0.6) is 0 Å². The highest BCUT2D eigenvalue weighted by molar-refractivity contribution is 5.08. The van der Waals surface area contributed by atoms with Crippen molar-refractivity contribution in [2.45, 2.75) is 38.6 Å². The van der Waals surface area contributed by atoms with E-state index in [4.69, 9.17) is 4.74 Å². The molecule has 0 saturated carbocycles. The molecule has 1 aromatic rings. The number of piperidine rings is 1. The number of hydrogen-bond acceptors (Lipinski definition) is 3. The first-order chi connectivity index (χ1) is 9.84. The molecule has 2 saturated heterocycles. The first kappa shape index (κ1) is 14.0. The van der Waals surface area contributed by atoms with Gasteiger partial charge in [0.05, 0.1) is 5.69 Å². The van der Waals surface area contributed by atoms with E-state index in [1.807, 2.05) is 12.3 Å². The van der Waals surface area contributed by atoms with Crippen LogP contribution in [0.15, 0.2) is 24.4 Å². The summed E-state index contributed by atoms with van der Waals surface area (Å²) in [6.07, 6.45) is 7.16. The fourth-order valence-electron chi connectivity index (χ4n) is 3.78. The van der Waals surface area contributed by atoms with Crippen LogP contribution in [0.4, 0.5) is 0 Å². The normalized spacial score (nSPS) is 24.6. The number of nitrogens with zero attached hydrogens (tertiary/aromatic N) is 2. The minimum atomic E-state index is 0.451. The Hall–Kier alpha value is -0.930. The lowest BCUT2D eigenvalue weighted by Crippen LogP contribution is -2.39. The number of pyridine rings is 1. The second-order valence-electron chi connectivity index (χ2n) is 6.25. The maximum atomic E-state index is 5.49. The fraction of sp³-hybridized carbons (Fsp3) is 0.706. The van der Waals surface area contributed by atoms with Crippen molar-refractivity contribution < 1.29 is 4.74 Å². The topological polar surface area (TPSA) is 25.4 Å². The van der Waals surface area contributed by atoms with Gasteiger partial charge in [-0.2, -0.15) is 0 Å². The van der Waals surface area contributed by atoms with E-state index in [0.29, 0.717) is 6.04 Å². The standard InChI is InChI=1S/C17H26N2O/c1-14(17-4-2-3-9-18-17)19-10-5-15(6-11-19)16-7-12-20-13-8-16/h2-4,9,14-16H,5-8,10-13H2,1H3. The summed E-state index contributed by atoms with van der Waals surface area (Å²) in [6.45, 7) is 6.70. The van der Waals surface area contributed by atoms with Gasteiger partial charge in [0, 0.05) is 25.5 Å². The maximum absolute atomic E-state index is 5.49. The zero-order valence-electron chi connectivity index (χ0n) is 12.5. The third kappa shape index (κ3) is 3.21. The summed E-state index contributed by atoms with van der Waals surface area (Å²) in [5, 5.41) is 0. The summed E-state index contributed by atoms with van der Waals surface area (Å²) in [7, 11) is 0. The predicted molar refractivity (Wildman–Crippen MR) is 80.5 cm³/mol. The Kier molecular flexibility index (Phi) is 4.69. The molecule has 1 aromatic heterocycles. The van der Waals surface area contributed by atoms with Crippen LogP contribution in [-0.2, 0) is 4.74 Å². The lowest BCUT2D eigenvalue weighted by atomic mass is 9.80. The Bertz CT molecular complexity index is 395. The quantitative estimate of drug-likeness (QED) is 0.846. The van der Waals surface area contributed by atoms with Crippen LogP contribution in [0.25, 0.3) is 0 Å². The van der Waals surface area contributed by atoms with E-state index >= 15 is 0 Å². The first-order valence-corrected chi connectivity index (χ1v) is 8.07. The lowest BCUT2D eigenvalue weighted by molar-refractivity contribution is 0.0256. The number of rotatable bonds is 3. The first-order valence-electron chi connectivity index (χ1n) is 8.07. The molecule has 1 atom stereocenters. The molecule has 3 rings (SSSR count). The van der Waals surface area contributed by atoms with Crippen molar-refractivity contribution in [2.24, 2.45) is 11.8 Å². The van der Waals surface area contributed by atoms with Gasteiger partial charge in [-0.15, -0.1) is 0 Å². The second-order valence-corrected chi connectivity index (χ2v) is 6.25. The summed E-state index contributed by atoms with van der Waals surface area (Å²) in [5.41, 5.74) is 1.21. The minimum absolute atomic E-state index is 0.451. The van der Waals surface area contributed by atoms with Gasteiger partial charge in [-0.1, -0.05) is 6.07 Å². The molecule has 3 nitrogen and oxygen atoms in total. The highest BCUT2D eigenvalue weighted by Gasteiger charge is 2.29. The van der Waals surface area contributed by atoms with Gasteiger partial charge in [0.25, 0.3) is 0 Å². The Morgan fingerprint density at radius 1 is 1.10 bits per heavy atom. The molecule has 0 radical (unpaired) electrons. The van der Waals surface area contributed by atoms with Gasteiger partial charge in [0.1, 0.15) is 0 Å². The Balaban J connectivity index is 1.53. The van der Waals surface area contributed by atoms with Crippen molar-refractivity contribution >= 4 is 0 Å². The maximum Gasteiger partial charge on any atom is 0.0572 e. The monoisotopic (exact) mass is 274 g/mol. The van der Waals surface area contributed by atoms with Crippen molar-refractivity contribution in [3.8, 4) is 0 Å². The van der Waals surface area contributed by atoms with E-state index in [-0.39, 0.29) is 0 Å². The van der Waals surface area contributed by atoms with Crippen molar-refractivity contribution in [1.29, 1.82) is 0 Å². The molecule has 2 aliphatic heterocycles. The average molecular weight is 274 g/mol. The Morgan fingerprint density at radius 2 is 1.80 bits per heavy atom. The summed E-state index contributed by atoms with van der Waals surface area (Å²) < 4.78 is 5.49. The smallest absolute Gasteiger partial charge is 0.0572 e. The van der Waals surface area contributed by atoms with Gasteiger partial charge in [0.15, 0.2) is 0 Å². The summed E-state index contributed by atoms with van der Waals surface area (Å²) in [4.78, 5) is 7.10. The van der Waals surface area contributed by atoms with Gasteiger partial charge in [-0.25, -0.2) is 0 Å². The van der Waals surface area contributed by atoms with E-state index in [1.165, 1.54) is 44.5 Å². The molecule has 3 heterocycles. The Labute approximate surface area is 122 Å². The Morgan fingerprint density at radius 3 is 2.45 bits per heavy atom. The summed E-state index contributed by atoms with van der Waals surface area (Å²) in [5.74, 6) is 1.84. The summed E-state index contributed by atoms with van der Waals surface area (Å²) >= 11 is 0. The second kappa shape index (κ2) is 6.68. The molecule has 0 aliphatic carbocycles. The van der Waals surface area contributed by atoms with Crippen LogP contribution in [-0.4, -0.2) is 36.2 Å². The van der Waals surface area contributed by atoms with Gasteiger partial charge >= 0.3 is 0 Å². The predicted octanol–water partition coefficient (Wildman–Crippen LogP) is 3.28. The van der Waals surface area contributed by atoms with E-state index in [1.54, 1.807) is 0 Å². The molecule has 0 bridgehead atoms. The van der Waals surface area contributed by atoms with Crippen molar-refractivity contribution in [3.63, 3.8) is 0 Å². The average Bonchev–Trinajstić information content (AvgIpc) is 2.56. The molecule has 110 valence electrons. The number of hydrogen-bond donors (Lipinski definition) is 0. The summed E-state index contributed by atoms with van der Waals surface area (Å²) in [6, 6.07) is 6.68. The fourth-order valence-corrected chi connectivity index (χ4v) is 3.78. The minimum Gasteiger partial charge on any atom is -0.381 e. The molecule has 3 heteroatoms. The lowest BCUT2D eigenvalue weighted by Gasteiger charge is -2.39. The molecule has 0 N–H and O–H groups in total. The molecule has 0 amide bonds. The molecule has 0 spiro atoms. The van der Waals surface area contributed by atoms with E-state index in [2.05, 4.69) is 28.9 Å². The third-order valence-corrected chi connectivity index (χ3v) is 5.17. The van der Waals surface area contributed by atoms with Crippen molar-refractivity contribution in [2.75, 3.05) is 26.3 Å². The molecule has 0 aromatic carbocycles. The largest absolute Gasteiger partial charge is 0.381 e. The molecule has 1 unspecified atom stereocenters. The highest BCUT2D eigenvalue weighted by Crippen LogP contribution is 2.34. The zero-order valence-corrected chi connectivity index (χ0v) is 12.5. The van der Waals surface area contributed by atoms with E-state index in [9.17, 15) is 0 Å². The third-order valence-electron chi connectivity index (χ3n) is 5.17. The van der Waals surface area contributed by atoms with Gasteiger partial charge < -0.3 is 4.74 Å². The highest BCUT2D eigenvalue weighted by atomic mass is 16.5. The van der Waals surface area contributed by atoms with Crippen LogP contribution < -0.4 is 0 Å². The number of ether oxygens (including phenoxy) is 1. The molecular weight excluding hydrogens is 248 g/mol. The SMILES string of the molecule is CC(c1ccccn1)N1CCC(C2CCOCC2)CC1. The zero-order chi connectivity index (χ0) is 13.8. The van der Waals surface area contributed by atoms with Crippen LogP contribution in [0.2, 0.25) is 0 Å². The van der Waals surface area contributed by atoms with Crippen LogP contribution in [0, 0.1) is 11.8 Å². The van der Waals surface area contributed by atoms with E-state index in [0.717, 1.165) is 25.0 Å². The van der Waals surface area contributed by atoms with Crippen LogP contribution in [0.3, 0.4) is 0 Å². The molecule has 2 fully saturated rings. The van der Waals surface area contributed by atoms with Crippen molar-refractivity contribution in [1.82, 2.24) is 9.88 Å². The number of likely N-dealkylation sites (tertiary alicyclic amines) is 1. The van der Waals surface area contributed by atoms with E-state index < -0.39 is 0 Å².